The van der Waals surface area contributed by atoms with Crippen molar-refractivity contribution in [2.45, 2.75) is 38.5 Å². The molecular weight excluding hydrogens is 220 g/mol. The summed E-state index contributed by atoms with van der Waals surface area (Å²) in [5.74, 6) is -5.25. The number of hydrogen-bond acceptors (Lipinski definition) is 2. The molecule has 0 saturated heterocycles. The van der Waals surface area contributed by atoms with Crippen LogP contribution in [0.4, 0.5) is 8.78 Å². The van der Waals surface area contributed by atoms with Gasteiger partial charge in [-0.15, -0.1) is 0 Å². The zero-order valence-corrected chi connectivity index (χ0v) is 9.06. The molecular formula is C10H15F2NO3. The fourth-order valence-corrected chi connectivity index (χ4v) is 1.77. The normalized spacial score (nSPS) is 22.4. The van der Waals surface area contributed by atoms with Gasteiger partial charge in [0, 0.05) is 19.4 Å². The van der Waals surface area contributed by atoms with Crippen molar-refractivity contribution >= 4 is 11.9 Å². The molecule has 0 heterocycles. The highest BCUT2D eigenvalue weighted by molar-refractivity contribution is 6.31. The van der Waals surface area contributed by atoms with Crippen molar-refractivity contribution in [1.82, 2.24) is 5.32 Å². The maximum absolute atomic E-state index is 12.9. The monoisotopic (exact) mass is 235 g/mol. The molecule has 0 aliphatic heterocycles. The summed E-state index contributed by atoms with van der Waals surface area (Å²) in [6.07, 6.45) is 0.179. The van der Waals surface area contributed by atoms with Gasteiger partial charge in [0.2, 0.25) is 5.92 Å². The Morgan fingerprint density at radius 2 is 1.75 bits per heavy atom. The van der Waals surface area contributed by atoms with Gasteiger partial charge >= 0.3 is 11.9 Å². The van der Waals surface area contributed by atoms with E-state index in [4.69, 9.17) is 5.11 Å². The molecule has 1 rings (SSSR count). The molecule has 6 heteroatoms. The summed E-state index contributed by atoms with van der Waals surface area (Å²) >= 11 is 0. The standard InChI is InChI=1S/C10H15F2NO3/c1-9(6-13-7(14)8(15)16)2-4-10(11,12)5-3-9/h2-6H2,1H3,(H,13,14)(H,15,16). The Labute approximate surface area is 92.0 Å². The molecule has 1 aliphatic rings. The van der Waals surface area contributed by atoms with Crippen LogP contribution in [0.15, 0.2) is 0 Å². The molecule has 1 saturated carbocycles. The molecule has 0 atom stereocenters. The number of carboxylic acid groups (broad SMARTS) is 1. The molecule has 0 unspecified atom stereocenters. The minimum absolute atomic E-state index is 0.133. The lowest BCUT2D eigenvalue weighted by Crippen LogP contribution is -2.42. The van der Waals surface area contributed by atoms with Crippen molar-refractivity contribution in [3.8, 4) is 0 Å². The zero-order valence-electron chi connectivity index (χ0n) is 9.06. The van der Waals surface area contributed by atoms with Crippen LogP contribution in [0.1, 0.15) is 32.6 Å². The summed E-state index contributed by atoms with van der Waals surface area (Å²) in [4.78, 5) is 21.0. The Kier molecular flexibility index (Phi) is 3.50. The Balaban J connectivity index is 2.43. The first-order valence-corrected chi connectivity index (χ1v) is 5.13. The van der Waals surface area contributed by atoms with Gasteiger partial charge in [-0.25, -0.2) is 13.6 Å². The van der Waals surface area contributed by atoms with E-state index in [1.54, 1.807) is 6.92 Å². The maximum atomic E-state index is 12.9. The summed E-state index contributed by atoms with van der Waals surface area (Å²) < 4.78 is 25.8. The number of amides is 1. The summed E-state index contributed by atoms with van der Waals surface area (Å²) in [5, 5.41) is 10.6. The van der Waals surface area contributed by atoms with Gasteiger partial charge in [-0.05, 0) is 18.3 Å². The first kappa shape index (κ1) is 12.9. The molecule has 0 aromatic heterocycles. The average Bonchev–Trinajstić information content (AvgIpc) is 2.20. The van der Waals surface area contributed by atoms with E-state index >= 15 is 0 Å². The second-order valence-corrected chi connectivity index (χ2v) is 4.65. The first-order valence-electron chi connectivity index (χ1n) is 5.13. The molecule has 16 heavy (non-hydrogen) atoms. The maximum Gasteiger partial charge on any atom is 0.394 e. The lowest BCUT2D eigenvalue weighted by molar-refractivity contribution is -0.150. The Morgan fingerprint density at radius 3 is 2.19 bits per heavy atom. The third-order valence-electron chi connectivity index (χ3n) is 3.06. The largest absolute Gasteiger partial charge is 0.474 e. The fourth-order valence-electron chi connectivity index (χ4n) is 1.77. The van der Waals surface area contributed by atoms with Crippen LogP contribution in [-0.2, 0) is 9.59 Å². The van der Waals surface area contributed by atoms with E-state index in [1.807, 2.05) is 0 Å². The van der Waals surface area contributed by atoms with E-state index in [0.29, 0.717) is 12.8 Å². The predicted octanol–water partition coefficient (Wildman–Crippen LogP) is 1.40. The van der Waals surface area contributed by atoms with Crippen molar-refractivity contribution in [3.05, 3.63) is 0 Å². The highest BCUT2D eigenvalue weighted by Crippen LogP contribution is 2.42. The molecule has 0 radical (unpaired) electrons. The van der Waals surface area contributed by atoms with Crippen molar-refractivity contribution in [2.75, 3.05) is 6.54 Å². The van der Waals surface area contributed by atoms with Crippen LogP contribution in [0, 0.1) is 5.41 Å². The van der Waals surface area contributed by atoms with Gasteiger partial charge in [-0.3, -0.25) is 4.79 Å². The van der Waals surface area contributed by atoms with Crippen molar-refractivity contribution < 1.29 is 23.5 Å². The fraction of sp³-hybridized carbons (Fsp3) is 0.800. The second kappa shape index (κ2) is 4.35. The van der Waals surface area contributed by atoms with Crippen LogP contribution in [0.3, 0.4) is 0 Å². The van der Waals surface area contributed by atoms with Crippen LogP contribution in [0.25, 0.3) is 0 Å². The van der Waals surface area contributed by atoms with E-state index in [0.717, 1.165) is 0 Å². The first-order chi connectivity index (χ1) is 7.24. The van der Waals surface area contributed by atoms with Gasteiger partial charge in [0.1, 0.15) is 0 Å². The third kappa shape index (κ3) is 3.43. The third-order valence-corrected chi connectivity index (χ3v) is 3.06. The average molecular weight is 235 g/mol. The molecule has 0 aromatic carbocycles. The molecule has 1 aliphatic carbocycles. The van der Waals surface area contributed by atoms with Crippen LogP contribution in [-0.4, -0.2) is 29.5 Å². The lowest BCUT2D eigenvalue weighted by Gasteiger charge is -2.37. The van der Waals surface area contributed by atoms with Crippen molar-refractivity contribution in [3.63, 3.8) is 0 Å². The Hall–Kier alpha value is -1.20. The highest BCUT2D eigenvalue weighted by Gasteiger charge is 2.40. The molecule has 2 N–H and O–H groups in total. The number of rotatable bonds is 2. The van der Waals surface area contributed by atoms with E-state index in [2.05, 4.69) is 5.32 Å². The Morgan fingerprint density at radius 1 is 1.25 bits per heavy atom. The van der Waals surface area contributed by atoms with Crippen LogP contribution >= 0.6 is 0 Å². The summed E-state index contributed by atoms with van der Waals surface area (Å²) in [6.45, 7) is 1.92. The summed E-state index contributed by atoms with van der Waals surface area (Å²) in [6, 6.07) is 0. The van der Waals surface area contributed by atoms with Crippen LogP contribution < -0.4 is 5.32 Å². The number of nitrogens with one attached hydrogen (secondary N) is 1. The highest BCUT2D eigenvalue weighted by atomic mass is 19.3. The van der Waals surface area contributed by atoms with Gasteiger partial charge in [-0.2, -0.15) is 0 Å². The molecule has 0 spiro atoms. The van der Waals surface area contributed by atoms with Crippen LogP contribution in [0.5, 0.6) is 0 Å². The number of alkyl halides is 2. The number of carbonyl (C=O) groups excluding carboxylic acids is 1. The van der Waals surface area contributed by atoms with E-state index < -0.39 is 23.2 Å². The SMILES string of the molecule is CC1(CNC(=O)C(=O)O)CCC(F)(F)CC1. The van der Waals surface area contributed by atoms with Gasteiger partial charge in [0.25, 0.3) is 0 Å². The smallest absolute Gasteiger partial charge is 0.394 e. The number of carboxylic acids is 1. The van der Waals surface area contributed by atoms with Crippen molar-refractivity contribution in [2.24, 2.45) is 5.41 Å². The Bertz CT molecular complexity index is 294. The van der Waals surface area contributed by atoms with E-state index in [-0.39, 0.29) is 19.4 Å². The van der Waals surface area contributed by atoms with E-state index in [1.165, 1.54) is 0 Å². The summed E-state index contributed by atoms with van der Waals surface area (Å²) in [7, 11) is 0. The minimum Gasteiger partial charge on any atom is -0.474 e. The molecule has 92 valence electrons. The quantitative estimate of drug-likeness (QED) is 0.711. The second-order valence-electron chi connectivity index (χ2n) is 4.65. The molecule has 1 fully saturated rings. The number of aliphatic carboxylic acids is 1. The molecule has 1 amide bonds. The number of hydrogen-bond donors (Lipinski definition) is 2. The van der Waals surface area contributed by atoms with Gasteiger partial charge in [0.15, 0.2) is 0 Å². The molecule has 0 aromatic rings. The van der Waals surface area contributed by atoms with Crippen molar-refractivity contribution in [1.29, 1.82) is 0 Å². The topological polar surface area (TPSA) is 66.4 Å². The molecule has 0 bridgehead atoms. The predicted molar refractivity (Wildman–Crippen MR) is 52.2 cm³/mol. The molecule has 4 nitrogen and oxygen atoms in total. The zero-order chi connectivity index (χ0) is 12.4. The van der Waals surface area contributed by atoms with E-state index in [9.17, 15) is 18.4 Å². The summed E-state index contributed by atoms with van der Waals surface area (Å²) in [5.41, 5.74) is -0.424. The van der Waals surface area contributed by atoms with Gasteiger partial charge in [0.05, 0.1) is 0 Å². The number of halogens is 2. The van der Waals surface area contributed by atoms with Gasteiger partial charge < -0.3 is 10.4 Å². The van der Waals surface area contributed by atoms with Gasteiger partial charge in [-0.1, -0.05) is 6.92 Å². The van der Waals surface area contributed by atoms with Crippen LogP contribution in [0.2, 0.25) is 0 Å². The number of carbonyl (C=O) groups is 2. The lowest BCUT2D eigenvalue weighted by atomic mass is 9.74. The minimum atomic E-state index is -2.61.